The SMILES string of the molecule is CC(=O)Nc1cc(C(=O)Nc2ccccc2C(=O)O)ccn1. The zero-order valence-electron chi connectivity index (χ0n) is 11.7. The molecule has 0 aliphatic carbocycles. The lowest BCUT2D eigenvalue weighted by Gasteiger charge is -2.09. The molecule has 0 radical (unpaired) electrons. The molecule has 22 heavy (non-hydrogen) atoms. The van der Waals surface area contributed by atoms with E-state index in [4.69, 9.17) is 5.11 Å². The molecule has 0 saturated carbocycles. The Kier molecular flexibility index (Phi) is 4.47. The molecule has 0 atom stereocenters. The highest BCUT2D eigenvalue weighted by molar-refractivity contribution is 6.08. The van der Waals surface area contributed by atoms with E-state index < -0.39 is 11.9 Å². The van der Waals surface area contributed by atoms with Gasteiger partial charge in [-0.3, -0.25) is 9.59 Å². The van der Waals surface area contributed by atoms with Crippen molar-refractivity contribution in [3.63, 3.8) is 0 Å². The summed E-state index contributed by atoms with van der Waals surface area (Å²) in [4.78, 5) is 38.2. The van der Waals surface area contributed by atoms with Gasteiger partial charge in [0.05, 0.1) is 11.3 Å². The molecule has 2 aromatic rings. The lowest BCUT2D eigenvalue weighted by Crippen LogP contribution is -2.16. The van der Waals surface area contributed by atoms with Gasteiger partial charge in [-0.05, 0) is 24.3 Å². The number of nitrogens with one attached hydrogen (secondary N) is 2. The monoisotopic (exact) mass is 299 g/mol. The summed E-state index contributed by atoms with van der Waals surface area (Å²) < 4.78 is 0. The normalized spacial score (nSPS) is 9.86. The molecule has 1 heterocycles. The minimum atomic E-state index is -1.13. The van der Waals surface area contributed by atoms with Crippen LogP contribution < -0.4 is 10.6 Å². The second-order valence-corrected chi connectivity index (χ2v) is 4.42. The molecule has 0 saturated heterocycles. The summed E-state index contributed by atoms with van der Waals surface area (Å²) in [7, 11) is 0. The van der Waals surface area contributed by atoms with Crippen molar-refractivity contribution in [2.45, 2.75) is 6.92 Å². The van der Waals surface area contributed by atoms with E-state index in [2.05, 4.69) is 15.6 Å². The third-order valence-electron chi connectivity index (χ3n) is 2.73. The van der Waals surface area contributed by atoms with Crippen molar-refractivity contribution in [3.05, 3.63) is 53.7 Å². The molecule has 3 N–H and O–H groups in total. The van der Waals surface area contributed by atoms with E-state index in [1.807, 2.05) is 0 Å². The minimum Gasteiger partial charge on any atom is -0.478 e. The Balaban J connectivity index is 2.23. The first kappa shape index (κ1) is 15.2. The highest BCUT2D eigenvalue weighted by atomic mass is 16.4. The Morgan fingerprint density at radius 2 is 1.82 bits per heavy atom. The standard InChI is InChI=1S/C15H13N3O4/c1-9(19)17-13-8-10(6-7-16-13)14(20)18-12-5-3-2-4-11(12)15(21)22/h2-8H,1H3,(H,18,20)(H,21,22)(H,16,17,19). The minimum absolute atomic E-state index is 0.00742. The number of aromatic carboxylic acids is 1. The molecule has 0 unspecified atom stereocenters. The molecule has 0 fully saturated rings. The van der Waals surface area contributed by atoms with E-state index in [1.165, 1.54) is 37.4 Å². The van der Waals surface area contributed by atoms with Gasteiger partial charge in [-0.25, -0.2) is 9.78 Å². The van der Waals surface area contributed by atoms with Crippen LogP contribution in [0.15, 0.2) is 42.6 Å². The largest absolute Gasteiger partial charge is 0.478 e. The molecule has 0 spiro atoms. The summed E-state index contributed by atoms with van der Waals surface area (Å²) in [6.45, 7) is 1.33. The van der Waals surface area contributed by atoms with Crippen LogP contribution in [-0.2, 0) is 4.79 Å². The average Bonchev–Trinajstić information content (AvgIpc) is 2.47. The van der Waals surface area contributed by atoms with Crippen molar-refractivity contribution in [1.29, 1.82) is 0 Å². The first-order valence-corrected chi connectivity index (χ1v) is 6.34. The van der Waals surface area contributed by atoms with Gasteiger partial charge in [-0.2, -0.15) is 0 Å². The molecule has 2 rings (SSSR count). The Labute approximate surface area is 126 Å². The molecular formula is C15H13N3O4. The molecule has 112 valence electrons. The fraction of sp³-hybridized carbons (Fsp3) is 0.0667. The predicted octanol–water partition coefficient (Wildman–Crippen LogP) is 1.99. The number of para-hydroxylation sites is 1. The van der Waals surface area contributed by atoms with Gasteiger partial charge in [-0.15, -0.1) is 0 Å². The number of carbonyl (C=O) groups is 3. The van der Waals surface area contributed by atoms with Gasteiger partial charge in [0, 0.05) is 18.7 Å². The summed E-state index contributed by atoms with van der Waals surface area (Å²) in [5, 5.41) is 14.1. The third-order valence-corrected chi connectivity index (χ3v) is 2.73. The summed E-state index contributed by atoms with van der Waals surface area (Å²) in [6.07, 6.45) is 1.38. The number of aromatic nitrogens is 1. The van der Waals surface area contributed by atoms with Gasteiger partial charge in [0.2, 0.25) is 5.91 Å². The molecule has 7 heteroatoms. The zero-order chi connectivity index (χ0) is 16.1. The topological polar surface area (TPSA) is 108 Å². The fourth-order valence-corrected chi connectivity index (χ4v) is 1.79. The number of amides is 2. The van der Waals surface area contributed by atoms with Crippen molar-refractivity contribution >= 4 is 29.3 Å². The number of hydrogen-bond donors (Lipinski definition) is 3. The summed E-state index contributed by atoms with van der Waals surface area (Å²) in [6, 6.07) is 8.95. The molecule has 1 aromatic heterocycles. The van der Waals surface area contributed by atoms with E-state index in [9.17, 15) is 14.4 Å². The van der Waals surface area contributed by atoms with Gasteiger partial charge in [0.1, 0.15) is 5.82 Å². The van der Waals surface area contributed by atoms with Gasteiger partial charge in [0.15, 0.2) is 0 Å². The van der Waals surface area contributed by atoms with Gasteiger partial charge >= 0.3 is 5.97 Å². The maximum atomic E-state index is 12.2. The number of nitrogens with zero attached hydrogens (tertiary/aromatic N) is 1. The Hall–Kier alpha value is -3.22. The summed E-state index contributed by atoms with van der Waals surface area (Å²) in [5.74, 6) is -1.69. The number of carboxylic acids is 1. The van der Waals surface area contributed by atoms with E-state index in [-0.39, 0.29) is 28.5 Å². The number of rotatable bonds is 4. The van der Waals surface area contributed by atoms with E-state index in [1.54, 1.807) is 12.1 Å². The van der Waals surface area contributed by atoms with Crippen LogP contribution in [-0.4, -0.2) is 27.9 Å². The van der Waals surface area contributed by atoms with Crippen LogP contribution in [0.1, 0.15) is 27.6 Å². The smallest absolute Gasteiger partial charge is 0.337 e. The molecule has 1 aromatic carbocycles. The van der Waals surface area contributed by atoms with Crippen LogP contribution in [0.4, 0.5) is 11.5 Å². The number of hydrogen-bond acceptors (Lipinski definition) is 4. The molecule has 0 bridgehead atoms. The van der Waals surface area contributed by atoms with Crippen LogP contribution in [0, 0.1) is 0 Å². The molecule has 2 amide bonds. The number of anilines is 2. The Morgan fingerprint density at radius 3 is 2.50 bits per heavy atom. The van der Waals surface area contributed by atoms with E-state index in [0.717, 1.165) is 0 Å². The second-order valence-electron chi connectivity index (χ2n) is 4.42. The molecule has 7 nitrogen and oxygen atoms in total. The van der Waals surface area contributed by atoms with Crippen LogP contribution in [0.5, 0.6) is 0 Å². The van der Waals surface area contributed by atoms with Crippen molar-refractivity contribution in [3.8, 4) is 0 Å². The van der Waals surface area contributed by atoms with Crippen LogP contribution in [0.25, 0.3) is 0 Å². The van der Waals surface area contributed by atoms with Gasteiger partial charge in [-0.1, -0.05) is 12.1 Å². The zero-order valence-corrected chi connectivity index (χ0v) is 11.7. The number of carboxylic acid groups (broad SMARTS) is 1. The summed E-state index contributed by atoms with van der Waals surface area (Å²) in [5.41, 5.74) is 0.434. The van der Waals surface area contributed by atoms with Crippen molar-refractivity contribution in [2.75, 3.05) is 10.6 Å². The second kappa shape index (κ2) is 6.49. The van der Waals surface area contributed by atoms with E-state index >= 15 is 0 Å². The lowest BCUT2D eigenvalue weighted by molar-refractivity contribution is -0.114. The number of pyridine rings is 1. The van der Waals surface area contributed by atoms with Crippen molar-refractivity contribution in [1.82, 2.24) is 4.98 Å². The third kappa shape index (κ3) is 3.66. The molecule has 0 aliphatic heterocycles. The van der Waals surface area contributed by atoms with Gasteiger partial charge in [0.25, 0.3) is 5.91 Å². The maximum Gasteiger partial charge on any atom is 0.337 e. The van der Waals surface area contributed by atoms with Crippen LogP contribution >= 0.6 is 0 Å². The van der Waals surface area contributed by atoms with Crippen LogP contribution in [0.3, 0.4) is 0 Å². The predicted molar refractivity (Wildman–Crippen MR) is 79.9 cm³/mol. The lowest BCUT2D eigenvalue weighted by atomic mass is 10.1. The van der Waals surface area contributed by atoms with Gasteiger partial charge < -0.3 is 15.7 Å². The highest BCUT2D eigenvalue weighted by Crippen LogP contribution is 2.16. The summed E-state index contributed by atoms with van der Waals surface area (Å²) >= 11 is 0. The first-order chi connectivity index (χ1) is 10.5. The molecular weight excluding hydrogens is 286 g/mol. The Bertz CT molecular complexity index is 743. The first-order valence-electron chi connectivity index (χ1n) is 6.34. The van der Waals surface area contributed by atoms with Crippen molar-refractivity contribution in [2.24, 2.45) is 0 Å². The quantitative estimate of drug-likeness (QED) is 0.800. The van der Waals surface area contributed by atoms with Crippen LogP contribution in [0.2, 0.25) is 0 Å². The average molecular weight is 299 g/mol. The molecule has 0 aliphatic rings. The fourth-order valence-electron chi connectivity index (χ4n) is 1.79. The van der Waals surface area contributed by atoms with Crippen molar-refractivity contribution < 1.29 is 19.5 Å². The Morgan fingerprint density at radius 1 is 1.09 bits per heavy atom. The maximum absolute atomic E-state index is 12.2. The van der Waals surface area contributed by atoms with E-state index in [0.29, 0.717) is 0 Å². The number of benzene rings is 1. The number of carbonyl (C=O) groups excluding carboxylic acids is 2. The highest BCUT2D eigenvalue weighted by Gasteiger charge is 2.13.